The van der Waals surface area contributed by atoms with Gasteiger partial charge in [-0.3, -0.25) is 4.79 Å². The second kappa shape index (κ2) is 6.95. The first-order valence-electron chi connectivity index (χ1n) is 6.64. The van der Waals surface area contributed by atoms with E-state index in [0.717, 1.165) is 16.9 Å². The second-order valence-electron chi connectivity index (χ2n) is 5.92. The lowest BCUT2D eigenvalue weighted by Gasteiger charge is -2.19. The number of anilines is 2. The van der Waals surface area contributed by atoms with E-state index < -0.39 is 11.5 Å². The predicted molar refractivity (Wildman–Crippen MR) is 84.5 cm³/mol. The zero-order valence-corrected chi connectivity index (χ0v) is 13.2. The normalized spacial score (nSPS) is 12.9. The van der Waals surface area contributed by atoms with Crippen molar-refractivity contribution in [1.29, 1.82) is 0 Å². The van der Waals surface area contributed by atoms with Gasteiger partial charge < -0.3 is 15.7 Å². The van der Waals surface area contributed by atoms with E-state index in [2.05, 4.69) is 10.6 Å². The number of carbonyl (C=O) groups is 1. The van der Waals surface area contributed by atoms with Gasteiger partial charge in [0.25, 0.3) is 0 Å². The summed E-state index contributed by atoms with van der Waals surface area (Å²) in [4.78, 5) is 12.0. The molecule has 5 heteroatoms. The monoisotopic (exact) mass is 298 g/mol. The summed E-state index contributed by atoms with van der Waals surface area (Å²) in [6.07, 6.45) is -0.572. The number of nitrogens with one attached hydrogen (secondary N) is 2. The van der Waals surface area contributed by atoms with E-state index >= 15 is 0 Å². The molecule has 112 valence electrons. The first-order chi connectivity index (χ1) is 9.24. The molecular formula is C15H23ClN2O2. The van der Waals surface area contributed by atoms with Crippen LogP contribution in [-0.4, -0.2) is 29.5 Å². The molecule has 1 aromatic rings. The van der Waals surface area contributed by atoms with Gasteiger partial charge in [0.2, 0.25) is 5.91 Å². The molecule has 0 spiro atoms. The lowest BCUT2D eigenvalue weighted by Crippen LogP contribution is -2.28. The van der Waals surface area contributed by atoms with Gasteiger partial charge in [0.1, 0.15) is 0 Å². The van der Waals surface area contributed by atoms with Crippen LogP contribution in [-0.2, 0) is 4.79 Å². The molecule has 0 aliphatic carbocycles. The van der Waals surface area contributed by atoms with Crippen molar-refractivity contribution in [2.45, 2.75) is 33.8 Å². The van der Waals surface area contributed by atoms with Crippen LogP contribution in [0.25, 0.3) is 0 Å². The number of benzene rings is 1. The van der Waals surface area contributed by atoms with E-state index in [1.54, 1.807) is 0 Å². The lowest BCUT2D eigenvalue weighted by atomic mass is 9.95. The maximum absolute atomic E-state index is 12.0. The van der Waals surface area contributed by atoms with Crippen molar-refractivity contribution >= 4 is 28.9 Å². The maximum atomic E-state index is 12.0. The number of hydrogen-bond acceptors (Lipinski definition) is 3. The van der Waals surface area contributed by atoms with Gasteiger partial charge in [0.15, 0.2) is 0 Å². The standard InChI is InChI=1S/C15H23ClN2O2/c1-10-7-11(17-9-12(19)8-16)5-6-13(10)18-14(20)15(2,3)4/h5-7,12,17,19H,8-9H2,1-4H3,(H,18,20). The Bertz CT molecular complexity index is 469. The number of carbonyl (C=O) groups excluding carboxylic acids is 1. The first kappa shape index (κ1) is 16.8. The average molecular weight is 299 g/mol. The number of rotatable bonds is 5. The summed E-state index contributed by atoms with van der Waals surface area (Å²) in [7, 11) is 0. The van der Waals surface area contributed by atoms with E-state index in [-0.39, 0.29) is 11.8 Å². The molecule has 0 bridgehead atoms. The van der Waals surface area contributed by atoms with E-state index in [1.165, 1.54) is 0 Å². The molecule has 0 saturated carbocycles. The van der Waals surface area contributed by atoms with Gasteiger partial charge in [0.05, 0.1) is 12.0 Å². The van der Waals surface area contributed by atoms with Crippen molar-refractivity contribution in [1.82, 2.24) is 0 Å². The number of hydrogen-bond donors (Lipinski definition) is 3. The van der Waals surface area contributed by atoms with Crippen LogP contribution in [0.1, 0.15) is 26.3 Å². The zero-order valence-electron chi connectivity index (χ0n) is 12.5. The second-order valence-corrected chi connectivity index (χ2v) is 6.23. The number of halogens is 1. The Morgan fingerprint density at radius 3 is 2.55 bits per heavy atom. The first-order valence-corrected chi connectivity index (χ1v) is 7.17. The molecule has 1 amide bonds. The Morgan fingerprint density at radius 2 is 2.05 bits per heavy atom. The zero-order chi connectivity index (χ0) is 15.3. The van der Waals surface area contributed by atoms with Crippen molar-refractivity contribution in [3.63, 3.8) is 0 Å². The molecule has 0 aromatic heterocycles. The van der Waals surface area contributed by atoms with E-state index in [4.69, 9.17) is 11.6 Å². The van der Waals surface area contributed by atoms with Gasteiger partial charge in [-0.15, -0.1) is 11.6 Å². The van der Waals surface area contributed by atoms with Crippen molar-refractivity contribution in [2.75, 3.05) is 23.1 Å². The molecule has 1 unspecified atom stereocenters. The molecule has 4 nitrogen and oxygen atoms in total. The molecule has 20 heavy (non-hydrogen) atoms. The highest BCUT2D eigenvalue weighted by atomic mass is 35.5. The molecule has 0 saturated heterocycles. The minimum atomic E-state index is -0.572. The third-order valence-corrected chi connectivity index (χ3v) is 3.23. The minimum Gasteiger partial charge on any atom is -0.390 e. The fraction of sp³-hybridized carbons (Fsp3) is 0.533. The number of aryl methyl sites for hydroxylation is 1. The fourth-order valence-electron chi connectivity index (χ4n) is 1.51. The Morgan fingerprint density at radius 1 is 1.40 bits per heavy atom. The highest BCUT2D eigenvalue weighted by molar-refractivity contribution is 6.18. The summed E-state index contributed by atoms with van der Waals surface area (Å²) < 4.78 is 0. The van der Waals surface area contributed by atoms with Crippen LogP contribution >= 0.6 is 11.6 Å². The number of aliphatic hydroxyl groups is 1. The summed E-state index contributed by atoms with van der Waals surface area (Å²) in [6, 6.07) is 5.65. The molecule has 0 radical (unpaired) electrons. The number of alkyl halides is 1. The van der Waals surface area contributed by atoms with E-state index in [1.807, 2.05) is 45.9 Å². The van der Waals surface area contributed by atoms with Crippen LogP contribution in [0.15, 0.2) is 18.2 Å². The van der Waals surface area contributed by atoms with Crippen molar-refractivity contribution < 1.29 is 9.90 Å². The highest BCUT2D eigenvalue weighted by Gasteiger charge is 2.21. The van der Waals surface area contributed by atoms with E-state index in [0.29, 0.717) is 6.54 Å². The summed E-state index contributed by atoms with van der Waals surface area (Å²) in [6.45, 7) is 7.96. The van der Waals surface area contributed by atoms with Gasteiger partial charge in [-0.25, -0.2) is 0 Å². The lowest BCUT2D eigenvalue weighted by molar-refractivity contribution is -0.123. The van der Waals surface area contributed by atoms with Crippen LogP contribution in [0.2, 0.25) is 0 Å². The number of amides is 1. The largest absolute Gasteiger partial charge is 0.390 e. The van der Waals surface area contributed by atoms with Crippen LogP contribution in [0.4, 0.5) is 11.4 Å². The van der Waals surface area contributed by atoms with Crippen LogP contribution in [0, 0.1) is 12.3 Å². The van der Waals surface area contributed by atoms with Gasteiger partial charge >= 0.3 is 0 Å². The molecule has 1 aromatic carbocycles. The Labute approximate surface area is 125 Å². The molecular weight excluding hydrogens is 276 g/mol. The fourth-order valence-corrected chi connectivity index (χ4v) is 1.62. The van der Waals surface area contributed by atoms with Crippen molar-refractivity contribution in [3.8, 4) is 0 Å². The Kier molecular flexibility index (Phi) is 5.84. The highest BCUT2D eigenvalue weighted by Crippen LogP contribution is 2.23. The van der Waals surface area contributed by atoms with Crippen LogP contribution in [0.5, 0.6) is 0 Å². The summed E-state index contributed by atoms with van der Waals surface area (Å²) in [5.41, 5.74) is 2.23. The summed E-state index contributed by atoms with van der Waals surface area (Å²) in [5, 5.41) is 15.4. The molecule has 0 fully saturated rings. The Balaban J connectivity index is 2.71. The molecule has 1 rings (SSSR count). The molecule has 1 atom stereocenters. The molecule has 0 heterocycles. The molecule has 0 aliphatic rings. The molecule has 0 aliphatic heterocycles. The third kappa shape index (κ3) is 5.02. The molecule has 3 N–H and O–H groups in total. The minimum absolute atomic E-state index is 0.0149. The Hall–Kier alpha value is -1.26. The maximum Gasteiger partial charge on any atom is 0.229 e. The van der Waals surface area contributed by atoms with E-state index in [9.17, 15) is 9.90 Å². The van der Waals surface area contributed by atoms with Gasteiger partial charge in [-0.2, -0.15) is 0 Å². The average Bonchev–Trinajstić information content (AvgIpc) is 2.37. The number of aliphatic hydroxyl groups excluding tert-OH is 1. The predicted octanol–water partition coefficient (Wildman–Crippen LogP) is 2.99. The van der Waals surface area contributed by atoms with Crippen molar-refractivity contribution in [3.05, 3.63) is 23.8 Å². The third-order valence-electron chi connectivity index (χ3n) is 2.88. The smallest absolute Gasteiger partial charge is 0.229 e. The summed E-state index contributed by atoms with van der Waals surface area (Å²) in [5.74, 6) is 0.185. The quantitative estimate of drug-likeness (QED) is 0.732. The summed E-state index contributed by atoms with van der Waals surface area (Å²) >= 11 is 5.54. The van der Waals surface area contributed by atoms with Gasteiger partial charge in [-0.1, -0.05) is 20.8 Å². The van der Waals surface area contributed by atoms with Gasteiger partial charge in [-0.05, 0) is 30.7 Å². The SMILES string of the molecule is Cc1cc(NCC(O)CCl)ccc1NC(=O)C(C)(C)C. The topological polar surface area (TPSA) is 61.4 Å². The van der Waals surface area contributed by atoms with Crippen LogP contribution < -0.4 is 10.6 Å². The van der Waals surface area contributed by atoms with Crippen molar-refractivity contribution in [2.24, 2.45) is 5.41 Å². The van der Waals surface area contributed by atoms with Gasteiger partial charge in [0, 0.05) is 23.3 Å². The van der Waals surface area contributed by atoms with Crippen LogP contribution in [0.3, 0.4) is 0 Å².